The van der Waals surface area contributed by atoms with Gasteiger partial charge in [0.05, 0.1) is 56.5 Å². The van der Waals surface area contributed by atoms with E-state index in [9.17, 15) is 38.4 Å². The van der Waals surface area contributed by atoms with Crippen molar-refractivity contribution in [1.82, 2.24) is 39.2 Å². The highest BCUT2D eigenvalue weighted by molar-refractivity contribution is 7.99. The largest absolute Gasteiger partial charge is 0.464 e. The SMILES string of the molecule is CC(C)(C)C(=O)OC1(CN2CCCCC2)CC1.CC(C)(C)C(=O)OC1(CN2CCCCC2)CCC1.CC(C)(C)C(=O)OC1(CN2CCCCC2)CCCC1.CC(C)(C)C(=O)OC1(CN2CCCCC2)CCCCC1.CC(C)(C)C(=O)OC1(CN2CCCCC2)CCOCC1.CC(C)(C)C(=O)OC1(CN2CCCCC2)CCSCC1.CC(C)(C)C(=O)OCCN1CCCCC1.CC(COC(=O)C(C)(C)C)N1CCCCC1. The van der Waals surface area contributed by atoms with E-state index in [0.717, 1.165) is 174 Å². The predicted molar refractivity (Wildman–Crippen MR) is 589 cm³/mol. The first kappa shape index (κ1) is 128. The van der Waals surface area contributed by atoms with Crippen LogP contribution in [0.3, 0.4) is 0 Å². The molecule has 0 N–H and O–H groups in total. The summed E-state index contributed by atoms with van der Waals surface area (Å²) in [5.41, 5.74) is -4.42. The van der Waals surface area contributed by atoms with E-state index in [1.54, 1.807) is 0 Å². The first-order chi connectivity index (χ1) is 67.9. The molecule has 10 aliphatic heterocycles. The number of hydrogen-bond acceptors (Lipinski definition) is 26. The lowest BCUT2D eigenvalue weighted by Crippen LogP contribution is -2.53. The number of carbonyl (C=O) groups is 8. The van der Waals surface area contributed by atoms with Gasteiger partial charge in [-0.15, -0.1) is 0 Å². The molecule has 1 atom stereocenters. The monoisotopic (exact) mass is 2060 g/mol. The Balaban J connectivity index is 0.000000225. The van der Waals surface area contributed by atoms with Gasteiger partial charge in [0.1, 0.15) is 46.8 Å². The minimum atomic E-state index is -0.437. The molecule has 0 amide bonds. The zero-order chi connectivity index (χ0) is 107. The number of carbonyl (C=O) groups excluding carboxylic acids is 8. The van der Waals surface area contributed by atoms with Crippen molar-refractivity contribution < 1.29 is 81.0 Å². The molecule has 0 bridgehead atoms. The smallest absolute Gasteiger partial charge is 0.311 e. The number of hydrogen-bond donors (Lipinski definition) is 0. The van der Waals surface area contributed by atoms with Gasteiger partial charge in [0.25, 0.3) is 0 Å². The van der Waals surface area contributed by atoms with Crippen LogP contribution in [0.25, 0.3) is 0 Å². The van der Waals surface area contributed by atoms with Crippen LogP contribution in [-0.4, -0.2) is 315 Å². The van der Waals surface area contributed by atoms with E-state index in [2.05, 4.69) is 46.1 Å². The fourth-order valence-corrected chi connectivity index (χ4v) is 22.2. The predicted octanol–water partition coefficient (Wildman–Crippen LogP) is 23.2. The van der Waals surface area contributed by atoms with Gasteiger partial charge in [-0.2, -0.15) is 11.8 Å². The summed E-state index contributed by atoms with van der Waals surface area (Å²) in [6.07, 6.45) is 50.7. The van der Waals surface area contributed by atoms with Crippen molar-refractivity contribution in [2.75, 3.05) is 188 Å². The number of ether oxygens (including phenoxy) is 9. The molecule has 145 heavy (non-hydrogen) atoms. The van der Waals surface area contributed by atoms with E-state index in [4.69, 9.17) is 42.6 Å². The Labute approximate surface area is 888 Å². The van der Waals surface area contributed by atoms with E-state index in [1.165, 1.54) is 258 Å². The molecule has 0 aromatic carbocycles. The average molecular weight is 2070 g/mol. The lowest BCUT2D eigenvalue weighted by atomic mass is 9.78. The van der Waals surface area contributed by atoms with Gasteiger partial charge in [-0.3, -0.25) is 77.6 Å². The first-order valence-electron chi connectivity index (χ1n) is 58.6. The van der Waals surface area contributed by atoms with Gasteiger partial charge in [0, 0.05) is 64.7 Å². The van der Waals surface area contributed by atoms with Gasteiger partial charge in [-0.25, -0.2) is 0 Å². The van der Waals surface area contributed by atoms with Crippen LogP contribution in [0, 0.1) is 43.3 Å². The summed E-state index contributed by atoms with van der Waals surface area (Å²) < 4.78 is 51.7. The van der Waals surface area contributed by atoms with Gasteiger partial charge in [0.15, 0.2) is 0 Å². The molecule has 14 aliphatic rings. The molecule has 4 saturated carbocycles. The normalized spacial score (nSPS) is 23.4. The van der Waals surface area contributed by atoms with Crippen molar-refractivity contribution in [2.24, 2.45) is 43.3 Å². The maximum Gasteiger partial charge on any atom is 0.311 e. The second kappa shape index (κ2) is 60.0. The molecule has 14 rings (SSSR count). The van der Waals surface area contributed by atoms with Crippen LogP contribution in [-0.2, 0) is 81.0 Å². The number of thioether (sulfide) groups is 1. The highest BCUT2D eigenvalue weighted by atomic mass is 32.2. The highest BCUT2D eigenvalue weighted by Gasteiger charge is 2.52. The second-order valence-corrected chi connectivity index (χ2v) is 55.6. The summed E-state index contributed by atoms with van der Waals surface area (Å²) in [5.74, 6) is 1.75. The topological polar surface area (TPSA) is 246 Å². The fourth-order valence-electron chi connectivity index (χ4n) is 21.0. The molecule has 26 heteroatoms. The van der Waals surface area contributed by atoms with Crippen molar-refractivity contribution >= 4 is 59.5 Å². The van der Waals surface area contributed by atoms with Crippen LogP contribution in [0.2, 0.25) is 0 Å². The molecular weight excluding hydrogens is 1850 g/mol. The van der Waals surface area contributed by atoms with Crippen LogP contribution in [0.1, 0.15) is 443 Å². The Kier molecular flexibility index (Phi) is 52.8. The molecule has 10 heterocycles. The summed E-state index contributed by atoms with van der Waals surface area (Å²) in [4.78, 5) is 116. The fraction of sp³-hybridized carbons (Fsp3) is 0.933. The van der Waals surface area contributed by atoms with Crippen LogP contribution < -0.4 is 0 Å². The van der Waals surface area contributed by atoms with Crippen molar-refractivity contribution in [1.29, 1.82) is 0 Å². The van der Waals surface area contributed by atoms with Gasteiger partial charge >= 0.3 is 47.8 Å². The van der Waals surface area contributed by atoms with E-state index in [0.29, 0.717) is 32.5 Å². The molecule has 25 nitrogen and oxygen atoms in total. The third-order valence-electron chi connectivity index (χ3n) is 31.2. The minimum Gasteiger partial charge on any atom is -0.464 e. The van der Waals surface area contributed by atoms with E-state index < -0.39 is 21.7 Å². The molecular formula is C119H218N8O17S. The van der Waals surface area contributed by atoms with Crippen LogP contribution in [0.5, 0.6) is 0 Å². The number of likely N-dealkylation sites (tertiary alicyclic amines) is 8. The Bertz CT molecular complexity index is 3570. The molecule has 0 radical (unpaired) electrons. The lowest BCUT2D eigenvalue weighted by molar-refractivity contribution is -0.183. The van der Waals surface area contributed by atoms with Crippen molar-refractivity contribution in [3.63, 3.8) is 0 Å². The van der Waals surface area contributed by atoms with Gasteiger partial charge in [-0.1, -0.05) is 57.8 Å². The molecule has 842 valence electrons. The maximum absolute atomic E-state index is 12.3. The summed E-state index contributed by atoms with van der Waals surface area (Å²) in [6.45, 7) is 75.9. The van der Waals surface area contributed by atoms with Crippen molar-refractivity contribution in [3.05, 3.63) is 0 Å². The zero-order valence-corrected chi connectivity index (χ0v) is 98.5. The van der Waals surface area contributed by atoms with E-state index in [-0.39, 0.29) is 103 Å². The number of piperidine rings is 8. The Morgan fingerprint density at radius 2 is 0.434 bits per heavy atom. The molecule has 4 aliphatic carbocycles. The first-order valence-corrected chi connectivity index (χ1v) is 59.8. The second-order valence-electron chi connectivity index (χ2n) is 54.4. The van der Waals surface area contributed by atoms with E-state index >= 15 is 0 Å². The van der Waals surface area contributed by atoms with Gasteiger partial charge < -0.3 is 42.6 Å². The summed E-state index contributed by atoms with van der Waals surface area (Å²) in [6, 6.07) is 0.353. The van der Waals surface area contributed by atoms with E-state index in [1.807, 2.05) is 178 Å². The standard InChI is InChI=1S/C17H31NO2.C16H29NO3.C16H29NO2S.C16H29NO2.C15H27NO2.C14H25NO2.C13H25NO2.C12H23NO2/c1-16(2,3)15(19)20-17(10-6-4-7-11-17)14-18-12-8-5-9-13-18;1-15(2,3)14(18)20-16(7-11-19-12-8-16)13-17-9-5-4-6-10-17;1-15(2,3)14(18)19-16(7-11-20-12-8-16)13-17-9-5-4-6-10-17;1-15(2,3)14(18)19-16(9-5-6-10-16)13-17-11-7-4-8-12-17;1-14(2,3)13(17)18-15(8-7-9-15)12-16-10-5-4-6-11-16;1-13(2,3)12(16)17-14(7-8-14)11-15-9-5-4-6-10-15;1-11(14-8-6-5-7-9-14)10-16-12(15)13(2,3)4;1-12(2,3)11(14)15-10-9-13-7-5-4-6-8-13/h4-14H2,1-3H3;2*4-13H2,1-3H3;4-13H2,1-3H3;4-12H2,1-3H3;4-11H2,1-3H3;11H,5-10H2,1-4H3;4-10H2,1-3H3. The maximum atomic E-state index is 12.3. The number of nitrogens with zero attached hydrogens (tertiary/aromatic N) is 8. The molecule has 0 aromatic heterocycles. The average Bonchev–Trinajstić information content (AvgIpc) is 1.49. The van der Waals surface area contributed by atoms with Crippen LogP contribution in [0.15, 0.2) is 0 Å². The van der Waals surface area contributed by atoms with Crippen molar-refractivity contribution in [2.45, 2.75) is 482 Å². The number of esters is 8. The quantitative estimate of drug-likeness (QED) is 0.0644. The number of rotatable bonds is 24. The van der Waals surface area contributed by atoms with Gasteiger partial charge in [-0.05, 0) is 488 Å². The molecule has 0 aromatic rings. The molecule has 1 unspecified atom stereocenters. The Morgan fingerprint density at radius 1 is 0.234 bits per heavy atom. The molecule has 0 spiro atoms. The summed E-state index contributed by atoms with van der Waals surface area (Å²) in [7, 11) is 0. The summed E-state index contributed by atoms with van der Waals surface area (Å²) >= 11 is 1.98. The summed E-state index contributed by atoms with van der Waals surface area (Å²) in [5, 5.41) is 0. The molecule has 14 fully saturated rings. The highest BCUT2D eigenvalue weighted by Crippen LogP contribution is 2.45. The third-order valence-corrected chi connectivity index (χ3v) is 32.2. The van der Waals surface area contributed by atoms with Crippen LogP contribution in [0.4, 0.5) is 0 Å². The lowest BCUT2D eigenvalue weighted by Gasteiger charge is -2.46. The minimum absolute atomic E-state index is 0.0311. The van der Waals surface area contributed by atoms with Crippen LogP contribution >= 0.6 is 11.8 Å². The van der Waals surface area contributed by atoms with Gasteiger partial charge in [0.2, 0.25) is 0 Å². The zero-order valence-electron chi connectivity index (χ0n) is 97.7. The Morgan fingerprint density at radius 3 is 0.669 bits per heavy atom. The Hall–Kier alpha value is -4.25. The van der Waals surface area contributed by atoms with Crippen molar-refractivity contribution in [3.8, 4) is 0 Å². The third kappa shape index (κ3) is 48.1. The molecule has 10 saturated heterocycles.